The maximum atomic E-state index is 14.0. The first-order chi connectivity index (χ1) is 12.8. The van der Waals surface area contributed by atoms with E-state index in [0.717, 1.165) is 11.4 Å². The van der Waals surface area contributed by atoms with Gasteiger partial charge in [0.1, 0.15) is 5.82 Å². The third-order valence-corrected chi connectivity index (χ3v) is 4.53. The SMILES string of the molecule is Cc1cc(C)n(-c2ccc(C(=O)NCC(C)(C)c3ccccc3F)cn2)n1. The molecule has 3 rings (SSSR count). The first-order valence-electron chi connectivity index (χ1n) is 8.81. The van der Waals surface area contributed by atoms with Gasteiger partial charge in [-0.2, -0.15) is 5.10 Å². The summed E-state index contributed by atoms with van der Waals surface area (Å²) in [6.45, 7) is 7.98. The number of nitrogens with one attached hydrogen (secondary N) is 1. The number of aryl methyl sites for hydroxylation is 2. The Balaban J connectivity index is 1.70. The molecule has 6 heteroatoms. The van der Waals surface area contributed by atoms with E-state index in [4.69, 9.17) is 0 Å². The van der Waals surface area contributed by atoms with Crippen molar-refractivity contribution < 1.29 is 9.18 Å². The molecule has 0 fully saturated rings. The fourth-order valence-electron chi connectivity index (χ4n) is 3.02. The minimum absolute atomic E-state index is 0.244. The van der Waals surface area contributed by atoms with Crippen LogP contribution in [0.2, 0.25) is 0 Å². The van der Waals surface area contributed by atoms with E-state index in [1.165, 1.54) is 12.3 Å². The van der Waals surface area contributed by atoms with Gasteiger partial charge < -0.3 is 5.32 Å². The van der Waals surface area contributed by atoms with Crippen molar-refractivity contribution in [2.75, 3.05) is 6.54 Å². The summed E-state index contributed by atoms with van der Waals surface area (Å²) in [4.78, 5) is 16.8. The lowest BCUT2D eigenvalue weighted by atomic mass is 9.84. The largest absolute Gasteiger partial charge is 0.351 e. The van der Waals surface area contributed by atoms with Crippen molar-refractivity contribution in [3.63, 3.8) is 0 Å². The van der Waals surface area contributed by atoms with Gasteiger partial charge in [0.2, 0.25) is 0 Å². The maximum absolute atomic E-state index is 14.0. The fraction of sp³-hybridized carbons (Fsp3) is 0.286. The number of carbonyl (C=O) groups is 1. The van der Waals surface area contributed by atoms with Gasteiger partial charge in [0.05, 0.1) is 11.3 Å². The second-order valence-corrected chi connectivity index (χ2v) is 7.29. The summed E-state index contributed by atoms with van der Waals surface area (Å²) in [6, 6.07) is 12.1. The number of carbonyl (C=O) groups excluding carboxylic acids is 1. The highest BCUT2D eigenvalue weighted by Gasteiger charge is 2.24. The predicted octanol–water partition coefficient (Wildman–Crippen LogP) is 3.73. The number of pyridine rings is 1. The second kappa shape index (κ2) is 7.31. The van der Waals surface area contributed by atoms with Crippen LogP contribution in [0.3, 0.4) is 0 Å². The fourth-order valence-corrected chi connectivity index (χ4v) is 3.02. The van der Waals surface area contributed by atoms with Crippen molar-refractivity contribution in [1.29, 1.82) is 0 Å². The van der Waals surface area contributed by atoms with E-state index in [-0.39, 0.29) is 11.7 Å². The first-order valence-corrected chi connectivity index (χ1v) is 8.81. The molecule has 2 aromatic heterocycles. The second-order valence-electron chi connectivity index (χ2n) is 7.29. The topological polar surface area (TPSA) is 59.8 Å². The quantitative estimate of drug-likeness (QED) is 0.748. The molecule has 0 bridgehead atoms. The highest BCUT2D eigenvalue weighted by Crippen LogP contribution is 2.25. The average Bonchev–Trinajstić information content (AvgIpc) is 2.98. The summed E-state index contributed by atoms with van der Waals surface area (Å²) in [5.74, 6) is 0.142. The average molecular weight is 366 g/mol. The van der Waals surface area contributed by atoms with Crippen LogP contribution in [0.5, 0.6) is 0 Å². The molecule has 0 radical (unpaired) electrons. The number of rotatable bonds is 5. The lowest BCUT2D eigenvalue weighted by Gasteiger charge is -2.26. The number of benzene rings is 1. The van der Waals surface area contributed by atoms with Crippen LogP contribution in [0.1, 0.15) is 41.2 Å². The van der Waals surface area contributed by atoms with E-state index in [1.807, 2.05) is 33.8 Å². The monoisotopic (exact) mass is 366 g/mol. The van der Waals surface area contributed by atoms with Crippen LogP contribution < -0.4 is 5.32 Å². The zero-order chi connectivity index (χ0) is 19.6. The Kier molecular flexibility index (Phi) is 5.08. The molecule has 140 valence electrons. The molecule has 0 atom stereocenters. The third kappa shape index (κ3) is 4.05. The van der Waals surface area contributed by atoms with Crippen molar-refractivity contribution in [2.24, 2.45) is 0 Å². The van der Waals surface area contributed by atoms with Crippen LogP contribution >= 0.6 is 0 Å². The molecule has 1 amide bonds. The molecule has 3 aromatic rings. The number of halogens is 1. The van der Waals surface area contributed by atoms with Crippen molar-refractivity contribution >= 4 is 5.91 Å². The van der Waals surface area contributed by atoms with Crippen molar-refractivity contribution in [1.82, 2.24) is 20.1 Å². The Morgan fingerprint density at radius 3 is 2.52 bits per heavy atom. The molecule has 0 saturated carbocycles. The summed E-state index contributed by atoms with van der Waals surface area (Å²) in [7, 11) is 0. The van der Waals surface area contributed by atoms with Crippen LogP contribution in [0, 0.1) is 19.7 Å². The Labute approximate surface area is 158 Å². The van der Waals surface area contributed by atoms with E-state index in [0.29, 0.717) is 23.5 Å². The van der Waals surface area contributed by atoms with Gasteiger partial charge in [-0.25, -0.2) is 14.1 Å². The minimum atomic E-state index is -0.530. The highest BCUT2D eigenvalue weighted by molar-refractivity contribution is 5.94. The van der Waals surface area contributed by atoms with Crippen molar-refractivity contribution in [3.05, 3.63) is 77.0 Å². The Morgan fingerprint density at radius 2 is 1.93 bits per heavy atom. The standard InChI is InChI=1S/C21H23FN4O/c1-14-11-15(2)26(25-14)19-10-9-16(12-23-19)20(27)24-13-21(3,4)17-7-5-6-8-18(17)22/h5-12H,13H2,1-4H3,(H,24,27). The van der Waals surface area contributed by atoms with Gasteiger partial charge in [0.25, 0.3) is 5.91 Å². The number of hydrogen-bond donors (Lipinski definition) is 1. The summed E-state index contributed by atoms with van der Waals surface area (Å²) in [5.41, 5.74) is 2.38. The lowest BCUT2D eigenvalue weighted by Crippen LogP contribution is -2.37. The molecule has 0 aliphatic heterocycles. The minimum Gasteiger partial charge on any atom is -0.351 e. The summed E-state index contributed by atoms with van der Waals surface area (Å²) >= 11 is 0. The molecular formula is C21H23FN4O. The number of hydrogen-bond acceptors (Lipinski definition) is 3. The van der Waals surface area contributed by atoms with E-state index in [9.17, 15) is 9.18 Å². The van der Waals surface area contributed by atoms with Crippen LogP contribution in [0.4, 0.5) is 4.39 Å². The molecule has 0 aliphatic rings. The van der Waals surface area contributed by atoms with Crippen molar-refractivity contribution in [2.45, 2.75) is 33.1 Å². The van der Waals surface area contributed by atoms with Gasteiger partial charge in [0, 0.05) is 23.9 Å². The highest BCUT2D eigenvalue weighted by atomic mass is 19.1. The molecular weight excluding hydrogens is 343 g/mol. The maximum Gasteiger partial charge on any atom is 0.252 e. The summed E-state index contributed by atoms with van der Waals surface area (Å²) in [5, 5.41) is 7.26. The zero-order valence-electron chi connectivity index (χ0n) is 16.0. The molecule has 2 heterocycles. The molecule has 27 heavy (non-hydrogen) atoms. The van der Waals surface area contributed by atoms with E-state index in [2.05, 4.69) is 15.4 Å². The smallest absolute Gasteiger partial charge is 0.252 e. The number of aromatic nitrogens is 3. The van der Waals surface area contributed by atoms with Crippen LogP contribution in [0.15, 0.2) is 48.7 Å². The van der Waals surface area contributed by atoms with Gasteiger partial charge in [0.15, 0.2) is 5.82 Å². The molecule has 0 saturated heterocycles. The Morgan fingerprint density at radius 1 is 1.19 bits per heavy atom. The van der Waals surface area contributed by atoms with Crippen LogP contribution in [-0.4, -0.2) is 27.2 Å². The zero-order valence-corrected chi connectivity index (χ0v) is 16.0. The van der Waals surface area contributed by atoms with Crippen LogP contribution in [-0.2, 0) is 5.41 Å². The van der Waals surface area contributed by atoms with Gasteiger partial charge in [-0.1, -0.05) is 32.0 Å². The molecule has 0 aliphatic carbocycles. The third-order valence-electron chi connectivity index (χ3n) is 4.53. The number of nitrogens with zero attached hydrogens (tertiary/aromatic N) is 3. The van der Waals surface area contributed by atoms with E-state index < -0.39 is 5.41 Å². The molecule has 1 N–H and O–H groups in total. The predicted molar refractivity (Wildman–Crippen MR) is 103 cm³/mol. The van der Waals surface area contributed by atoms with E-state index >= 15 is 0 Å². The van der Waals surface area contributed by atoms with Crippen molar-refractivity contribution in [3.8, 4) is 5.82 Å². The van der Waals surface area contributed by atoms with Crippen LogP contribution in [0.25, 0.3) is 5.82 Å². The van der Waals surface area contributed by atoms with Gasteiger partial charge >= 0.3 is 0 Å². The van der Waals surface area contributed by atoms with E-state index in [1.54, 1.807) is 35.0 Å². The van der Waals surface area contributed by atoms with Gasteiger partial charge in [-0.05, 0) is 43.7 Å². The number of amides is 1. The lowest BCUT2D eigenvalue weighted by molar-refractivity contribution is 0.0945. The molecule has 5 nitrogen and oxygen atoms in total. The molecule has 1 aromatic carbocycles. The normalized spacial score (nSPS) is 11.4. The first kappa shape index (κ1) is 18.8. The Hall–Kier alpha value is -3.02. The summed E-state index contributed by atoms with van der Waals surface area (Å²) < 4.78 is 15.8. The Bertz CT molecular complexity index is 961. The summed E-state index contributed by atoms with van der Waals surface area (Å²) in [6.07, 6.45) is 1.53. The molecule has 0 unspecified atom stereocenters. The van der Waals surface area contributed by atoms with Gasteiger partial charge in [-0.15, -0.1) is 0 Å². The molecule has 0 spiro atoms. The van der Waals surface area contributed by atoms with Gasteiger partial charge in [-0.3, -0.25) is 4.79 Å².